The molecule has 10 nitrogen and oxygen atoms in total. The first-order valence-electron chi connectivity index (χ1n) is 16.9. The second-order valence-corrected chi connectivity index (χ2v) is 14.7. The molecule has 6 rings (SSSR count). The molecule has 44 heavy (non-hydrogen) atoms. The number of hydrogen-bond donors (Lipinski definition) is 3. The molecular weight excluding hydrogens is 560 g/mol. The van der Waals surface area contributed by atoms with Crippen molar-refractivity contribution >= 4 is 17.8 Å². The number of carbonyl (C=O) groups is 3. The third-order valence-corrected chi connectivity index (χ3v) is 11.9. The number of rotatable bonds is 7. The molecular formula is C34H52N4O6. The van der Waals surface area contributed by atoms with E-state index in [1.54, 1.807) is 13.0 Å². The van der Waals surface area contributed by atoms with Gasteiger partial charge >= 0.3 is 11.9 Å². The number of piperidine rings is 1. The maximum atomic E-state index is 13.5. The number of fused-ring (bicyclic) bond motifs is 2. The van der Waals surface area contributed by atoms with Crippen LogP contribution in [0.2, 0.25) is 0 Å². The van der Waals surface area contributed by atoms with Crippen molar-refractivity contribution in [2.24, 2.45) is 41.2 Å². The predicted octanol–water partition coefficient (Wildman–Crippen LogP) is 2.67. The topological polar surface area (TPSA) is 132 Å². The Labute approximate surface area is 261 Å². The first-order valence-corrected chi connectivity index (χ1v) is 16.9. The van der Waals surface area contributed by atoms with Crippen molar-refractivity contribution in [3.05, 3.63) is 23.8 Å². The van der Waals surface area contributed by atoms with Crippen LogP contribution in [0.4, 0.5) is 0 Å². The van der Waals surface area contributed by atoms with Gasteiger partial charge in [0.25, 0.3) is 0 Å². The fourth-order valence-corrected chi connectivity index (χ4v) is 9.28. The van der Waals surface area contributed by atoms with E-state index in [1.807, 2.05) is 25.8 Å². The van der Waals surface area contributed by atoms with Crippen molar-refractivity contribution in [1.82, 2.24) is 15.5 Å². The van der Waals surface area contributed by atoms with Crippen LogP contribution in [0.25, 0.3) is 0 Å². The number of likely N-dealkylation sites (tertiary alicyclic amines) is 1. The average molecular weight is 613 g/mol. The summed E-state index contributed by atoms with van der Waals surface area (Å²) < 4.78 is 19.6. The number of allylic oxidation sites excluding steroid dienone is 1. The molecule has 2 aliphatic carbocycles. The number of nitrogens with two attached hydrogens (primary N) is 1. The highest BCUT2D eigenvalue weighted by atomic mass is 16.6. The van der Waals surface area contributed by atoms with Crippen molar-refractivity contribution in [3.63, 3.8) is 0 Å². The first kappa shape index (κ1) is 31.7. The SMILES string of the molecule is CC=C(C)C(=O)OC1(C)CC=CC(C2CC(N)NCC2CC(=O)N2CC(CNC)C2)C12CC1CC3CCC(=O)OC3CC1O2. The number of nitrogens with one attached hydrogen (secondary N) is 2. The Hall–Kier alpha value is -2.27. The first-order chi connectivity index (χ1) is 21.1. The Morgan fingerprint density at radius 1 is 1.23 bits per heavy atom. The lowest BCUT2D eigenvalue weighted by atomic mass is 9.58. The van der Waals surface area contributed by atoms with Gasteiger partial charge in [0.15, 0.2) is 0 Å². The van der Waals surface area contributed by atoms with E-state index in [0.29, 0.717) is 56.1 Å². The van der Waals surface area contributed by atoms with Crippen molar-refractivity contribution in [3.8, 4) is 0 Å². The van der Waals surface area contributed by atoms with Crippen LogP contribution in [0.15, 0.2) is 23.8 Å². The lowest BCUT2D eigenvalue weighted by Gasteiger charge is -2.55. The summed E-state index contributed by atoms with van der Waals surface area (Å²) in [4.78, 5) is 41.0. The number of ether oxygens (including phenoxy) is 3. The zero-order chi connectivity index (χ0) is 31.2. The highest BCUT2D eigenvalue weighted by Gasteiger charge is 2.66. The highest BCUT2D eigenvalue weighted by molar-refractivity contribution is 5.88. The van der Waals surface area contributed by atoms with E-state index in [4.69, 9.17) is 19.9 Å². The lowest BCUT2D eigenvalue weighted by Crippen LogP contribution is -2.64. The summed E-state index contributed by atoms with van der Waals surface area (Å²) in [6, 6.07) is 0. The molecule has 0 aromatic carbocycles. The van der Waals surface area contributed by atoms with Crippen molar-refractivity contribution in [2.75, 3.05) is 33.2 Å². The van der Waals surface area contributed by atoms with E-state index in [-0.39, 0.29) is 59.9 Å². The summed E-state index contributed by atoms with van der Waals surface area (Å²) in [7, 11) is 1.95. The molecule has 4 heterocycles. The maximum Gasteiger partial charge on any atom is 0.334 e. The smallest absolute Gasteiger partial charge is 0.334 e. The van der Waals surface area contributed by atoms with Gasteiger partial charge in [-0.2, -0.15) is 0 Å². The zero-order valence-corrected chi connectivity index (χ0v) is 26.9. The molecule has 4 aliphatic heterocycles. The second kappa shape index (κ2) is 12.5. The van der Waals surface area contributed by atoms with Gasteiger partial charge in [0.2, 0.25) is 5.91 Å². The lowest BCUT2D eigenvalue weighted by molar-refractivity contribution is -0.227. The Morgan fingerprint density at radius 2 is 2.02 bits per heavy atom. The van der Waals surface area contributed by atoms with E-state index in [2.05, 4.69) is 22.8 Å². The van der Waals surface area contributed by atoms with Gasteiger partial charge in [-0.3, -0.25) is 9.59 Å². The monoisotopic (exact) mass is 612 g/mol. The molecule has 1 saturated carbocycles. The van der Waals surface area contributed by atoms with Gasteiger partial charge in [-0.05, 0) is 77.2 Å². The molecule has 0 aromatic heterocycles. The van der Waals surface area contributed by atoms with Gasteiger partial charge in [0, 0.05) is 69.3 Å². The molecule has 1 amide bonds. The predicted molar refractivity (Wildman–Crippen MR) is 165 cm³/mol. The molecule has 1 spiro atoms. The normalized spacial score (nSPS) is 42.3. The Morgan fingerprint density at radius 3 is 2.77 bits per heavy atom. The second-order valence-electron chi connectivity index (χ2n) is 14.7. The summed E-state index contributed by atoms with van der Waals surface area (Å²) in [5.74, 6) is 0.937. The molecule has 4 saturated heterocycles. The van der Waals surface area contributed by atoms with Gasteiger partial charge < -0.3 is 35.5 Å². The van der Waals surface area contributed by atoms with Crippen LogP contribution in [0.3, 0.4) is 0 Å². The number of carbonyl (C=O) groups excluding carboxylic acids is 3. The minimum Gasteiger partial charge on any atom is -0.462 e. The molecule has 6 aliphatic rings. The van der Waals surface area contributed by atoms with Crippen LogP contribution >= 0.6 is 0 Å². The van der Waals surface area contributed by atoms with Crippen LogP contribution in [-0.2, 0) is 28.6 Å². The molecule has 10 unspecified atom stereocenters. The molecule has 0 bridgehead atoms. The fraction of sp³-hybridized carbons (Fsp3) is 0.794. The highest BCUT2D eigenvalue weighted by Crippen LogP contribution is 2.59. The number of nitrogens with zero attached hydrogens (tertiary/aromatic N) is 1. The largest absolute Gasteiger partial charge is 0.462 e. The van der Waals surface area contributed by atoms with E-state index in [9.17, 15) is 14.4 Å². The van der Waals surface area contributed by atoms with Crippen LogP contribution in [0.5, 0.6) is 0 Å². The third-order valence-electron chi connectivity index (χ3n) is 11.9. The zero-order valence-electron chi connectivity index (χ0n) is 26.9. The fourth-order valence-electron chi connectivity index (χ4n) is 9.28. The van der Waals surface area contributed by atoms with E-state index >= 15 is 0 Å². The van der Waals surface area contributed by atoms with E-state index < -0.39 is 11.2 Å². The number of esters is 2. The third kappa shape index (κ3) is 5.76. The summed E-state index contributed by atoms with van der Waals surface area (Å²) in [6.45, 7) is 8.85. The summed E-state index contributed by atoms with van der Waals surface area (Å²) in [5, 5.41) is 6.66. The Kier molecular flexibility index (Phi) is 9.00. The summed E-state index contributed by atoms with van der Waals surface area (Å²) in [5.41, 5.74) is 5.44. The van der Waals surface area contributed by atoms with Gasteiger partial charge in [-0.25, -0.2) is 4.79 Å². The molecule has 10 atom stereocenters. The van der Waals surface area contributed by atoms with E-state index in [1.165, 1.54) is 0 Å². The Bertz CT molecular complexity index is 1180. The van der Waals surface area contributed by atoms with Crippen LogP contribution < -0.4 is 16.4 Å². The minimum absolute atomic E-state index is 0.0715. The minimum atomic E-state index is -0.908. The van der Waals surface area contributed by atoms with Crippen molar-refractivity contribution < 1.29 is 28.6 Å². The molecule has 244 valence electrons. The van der Waals surface area contributed by atoms with Crippen LogP contribution in [-0.4, -0.2) is 85.5 Å². The van der Waals surface area contributed by atoms with Crippen LogP contribution in [0.1, 0.15) is 72.1 Å². The standard InChI is InChI=1S/C34H52N4O6/c1-5-20(2)32(41)44-33(3)10-6-7-26(34(33)15-23-11-22-8-9-31(40)42-27(22)14-28(23)43-34)25-13-29(35)37-17-24(25)12-30(39)38-18-21(19-38)16-36-4/h5-7,21-29,36-37H,8-19,35H2,1-4H3. The average Bonchev–Trinajstić information content (AvgIpc) is 3.34. The van der Waals surface area contributed by atoms with Crippen LogP contribution in [0, 0.1) is 35.5 Å². The molecule has 0 aromatic rings. The van der Waals surface area contributed by atoms with Gasteiger partial charge in [0.05, 0.1) is 12.3 Å². The van der Waals surface area contributed by atoms with Gasteiger partial charge in [-0.1, -0.05) is 18.2 Å². The maximum absolute atomic E-state index is 13.5. The number of hydrogen-bond acceptors (Lipinski definition) is 9. The molecule has 5 fully saturated rings. The summed E-state index contributed by atoms with van der Waals surface area (Å²) in [6.07, 6.45) is 11.2. The van der Waals surface area contributed by atoms with Gasteiger partial charge in [0.1, 0.15) is 17.3 Å². The van der Waals surface area contributed by atoms with Crippen molar-refractivity contribution in [1.29, 1.82) is 0 Å². The Balaban J connectivity index is 1.30. The van der Waals surface area contributed by atoms with Crippen molar-refractivity contribution in [2.45, 2.75) is 102 Å². The van der Waals surface area contributed by atoms with Gasteiger partial charge in [-0.15, -0.1) is 0 Å². The quantitative estimate of drug-likeness (QED) is 0.226. The molecule has 4 N–H and O–H groups in total. The molecule has 0 radical (unpaired) electrons. The molecule has 10 heteroatoms. The number of amides is 1. The van der Waals surface area contributed by atoms with E-state index in [0.717, 1.165) is 38.9 Å². The summed E-state index contributed by atoms with van der Waals surface area (Å²) >= 11 is 0.